The summed E-state index contributed by atoms with van der Waals surface area (Å²) in [6.45, 7) is 1.47. The average Bonchev–Trinajstić information content (AvgIpc) is 3.23. The van der Waals surface area contributed by atoms with Gasteiger partial charge in [0, 0.05) is 30.7 Å². The molecule has 1 heterocycles. The maximum absolute atomic E-state index is 11.9. The Labute approximate surface area is 167 Å². The second kappa shape index (κ2) is 10.0. The number of thioether (sulfide) groups is 1. The molecule has 0 saturated heterocycles. The van der Waals surface area contributed by atoms with E-state index in [1.165, 1.54) is 11.8 Å². The summed E-state index contributed by atoms with van der Waals surface area (Å²) in [5, 5.41) is 6.89. The zero-order valence-electron chi connectivity index (χ0n) is 15.6. The molecule has 3 rings (SSSR count). The van der Waals surface area contributed by atoms with E-state index in [1.807, 2.05) is 48.5 Å². The first-order valence-electron chi connectivity index (χ1n) is 8.82. The number of carbonyl (C=O) groups is 1. The van der Waals surface area contributed by atoms with E-state index in [2.05, 4.69) is 15.5 Å². The Hall–Kier alpha value is -2.68. The van der Waals surface area contributed by atoms with Gasteiger partial charge in [-0.2, -0.15) is 4.98 Å². The van der Waals surface area contributed by atoms with E-state index in [9.17, 15) is 4.79 Å². The number of nitrogens with zero attached hydrogens (tertiary/aromatic N) is 2. The van der Waals surface area contributed by atoms with Crippen LogP contribution >= 0.6 is 11.8 Å². The predicted molar refractivity (Wildman–Crippen MR) is 109 cm³/mol. The van der Waals surface area contributed by atoms with E-state index >= 15 is 0 Å². The molecule has 0 radical (unpaired) electrons. The summed E-state index contributed by atoms with van der Waals surface area (Å²) in [5.41, 5.74) is 8.33. The van der Waals surface area contributed by atoms with Crippen molar-refractivity contribution in [3.8, 4) is 22.8 Å². The number of aromatic nitrogens is 2. The molecule has 0 aliphatic heterocycles. The van der Waals surface area contributed by atoms with Gasteiger partial charge in [0.1, 0.15) is 0 Å². The first-order valence-corrected chi connectivity index (χ1v) is 9.80. The largest absolute Gasteiger partial charge is 0.383 e. The number of nitrogens with one attached hydrogen (secondary N) is 1. The minimum atomic E-state index is -0.0527. The highest BCUT2D eigenvalue weighted by Gasteiger charge is 2.15. The molecule has 0 aliphatic rings. The smallest absolute Gasteiger partial charge is 0.259 e. The van der Waals surface area contributed by atoms with Gasteiger partial charge in [0.15, 0.2) is 0 Å². The van der Waals surface area contributed by atoms with Crippen LogP contribution in [-0.2, 0) is 16.1 Å². The number of hydrogen-bond donors (Lipinski definition) is 2. The van der Waals surface area contributed by atoms with Crippen LogP contribution in [0.3, 0.4) is 0 Å². The van der Waals surface area contributed by atoms with Crippen molar-refractivity contribution in [1.82, 2.24) is 15.5 Å². The molecule has 0 saturated carbocycles. The first-order chi connectivity index (χ1) is 13.7. The van der Waals surface area contributed by atoms with Crippen molar-refractivity contribution < 1.29 is 14.1 Å². The van der Waals surface area contributed by atoms with Crippen molar-refractivity contribution in [2.75, 3.05) is 26.0 Å². The summed E-state index contributed by atoms with van der Waals surface area (Å²) in [5.74, 6) is 1.17. The van der Waals surface area contributed by atoms with Crippen molar-refractivity contribution in [2.24, 2.45) is 5.73 Å². The fourth-order valence-corrected chi connectivity index (χ4v) is 3.37. The highest BCUT2D eigenvalue weighted by atomic mass is 32.2. The Kier molecular flexibility index (Phi) is 7.18. The van der Waals surface area contributed by atoms with E-state index < -0.39 is 0 Å². The summed E-state index contributed by atoms with van der Waals surface area (Å²) in [6, 6.07) is 15.4. The Bertz CT molecular complexity index is 912. The normalized spacial score (nSPS) is 10.8. The van der Waals surface area contributed by atoms with Crippen LogP contribution in [-0.4, -0.2) is 42.1 Å². The molecule has 0 bridgehead atoms. The van der Waals surface area contributed by atoms with Gasteiger partial charge in [0.2, 0.25) is 11.7 Å². The van der Waals surface area contributed by atoms with Gasteiger partial charge < -0.3 is 20.3 Å². The lowest BCUT2D eigenvalue weighted by Gasteiger charge is -2.06. The molecule has 146 valence electrons. The summed E-state index contributed by atoms with van der Waals surface area (Å²) in [6.07, 6.45) is 0. The van der Waals surface area contributed by atoms with Crippen LogP contribution in [0.5, 0.6) is 0 Å². The maximum Gasteiger partial charge on any atom is 0.259 e. The molecule has 0 atom stereocenters. The van der Waals surface area contributed by atoms with Crippen LogP contribution in [0.15, 0.2) is 57.9 Å². The van der Waals surface area contributed by atoms with Crippen LogP contribution in [0.1, 0.15) is 5.56 Å². The number of amides is 1. The van der Waals surface area contributed by atoms with Crippen molar-refractivity contribution in [1.29, 1.82) is 0 Å². The summed E-state index contributed by atoms with van der Waals surface area (Å²) < 4.78 is 10.4. The number of carbonyl (C=O) groups excluding carboxylic acids is 1. The molecule has 0 unspecified atom stereocenters. The monoisotopic (exact) mass is 398 g/mol. The van der Waals surface area contributed by atoms with Gasteiger partial charge in [-0.1, -0.05) is 41.6 Å². The highest BCUT2D eigenvalue weighted by molar-refractivity contribution is 8.00. The fraction of sp³-hybridized carbons (Fsp3) is 0.250. The minimum Gasteiger partial charge on any atom is -0.383 e. The lowest BCUT2D eigenvalue weighted by atomic mass is 10.1. The molecule has 8 heteroatoms. The molecule has 3 N–H and O–H groups in total. The third kappa shape index (κ3) is 5.19. The van der Waals surface area contributed by atoms with E-state index in [4.69, 9.17) is 15.0 Å². The average molecular weight is 398 g/mol. The molecule has 0 fully saturated rings. The molecule has 28 heavy (non-hydrogen) atoms. The molecule has 1 aromatic heterocycles. The van der Waals surface area contributed by atoms with Crippen LogP contribution in [0.25, 0.3) is 22.8 Å². The summed E-state index contributed by atoms with van der Waals surface area (Å²) in [4.78, 5) is 17.3. The van der Waals surface area contributed by atoms with Crippen LogP contribution in [0.2, 0.25) is 0 Å². The van der Waals surface area contributed by atoms with Crippen molar-refractivity contribution in [2.45, 2.75) is 11.4 Å². The van der Waals surface area contributed by atoms with Gasteiger partial charge in [0.25, 0.3) is 5.89 Å². The molecular formula is C20H22N4O3S. The Balaban J connectivity index is 1.72. The van der Waals surface area contributed by atoms with Gasteiger partial charge in [0.05, 0.1) is 17.9 Å². The second-order valence-electron chi connectivity index (χ2n) is 5.95. The maximum atomic E-state index is 11.9. The lowest BCUT2D eigenvalue weighted by Crippen LogP contribution is -2.28. The van der Waals surface area contributed by atoms with E-state index in [0.717, 1.165) is 21.6 Å². The Morgan fingerprint density at radius 3 is 2.75 bits per heavy atom. The minimum absolute atomic E-state index is 0.0527. The number of benzene rings is 2. The molecule has 7 nitrogen and oxygen atoms in total. The van der Waals surface area contributed by atoms with E-state index in [-0.39, 0.29) is 5.91 Å². The zero-order chi connectivity index (χ0) is 19.8. The standard InChI is InChI=1S/C20H22N4O3S/c1-26-11-10-22-18(25)13-28-17-5-3-2-4-16(17)20-23-19(24-27-20)15-8-6-14(12-21)7-9-15/h2-9H,10-13,21H2,1H3,(H,22,25). The third-order valence-corrected chi connectivity index (χ3v) is 5.05. The molecule has 0 spiro atoms. The molecule has 2 aromatic carbocycles. The zero-order valence-corrected chi connectivity index (χ0v) is 16.4. The Morgan fingerprint density at radius 1 is 1.21 bits per heavy atom. The number of ether oxygens (including phenoxy) is 1. The molecule has 0 aliphatic carbocycles. The third-order valence-electron chi connectivity index (χ3n) is 3.98. The number of methoxy groups -OCH3 is 1. The van der Waals surface area contributed by atoms with Crippen LogP contribution in [0.4, 0.5) is 0 Å². The number of nitrogens with two attached hydrogens (primary N) is 1. The summed E-state index contributed by atoms with van der Waals surface area (Å²) >= 11 is 1.42. The fourth-order valence-electron chi connectivity index (χ4n) is 2.50. The second-order valence-corrected chi connectivity index (χ2v) is 6.97. The number of rotatable bonds is 9. The van der Waals surface area contributed by atoms with Gasteiger partial charge in [-0.3, -0.25) is 4.79 Å². The van der Waals surface area contributed by atoms with Gasteiger partial charge in [-0.05, 0) is 17.7 Å². The van der Waals surface area contributed by atoms with E-state index in [1.54, 1.807) is 7.11 Å². The predicted octanol–water partition coefficient (Wildman–Crippen LogP) is 2.72. The van der Waals surface area contributed by atoms with Crippen molar-refractivity contribution in [3.63, 3.8) is 0 Å². The van der Waals surface area contributed by atoms with Gasteiger partial charge >= 0.3 is 0 Å². The Morgan fingerprint density at radius 2 is 2.00 bits per heavy atom. The quantitative estimate of drug-likeness (QED) is 0.422. The SMILES string of the molecule is COCCNC(=O)CSc1ccccc1-c1nc(-c2ccc(CN)cc2)no1. The lowest BCUT2D eigenvalue weighted by molar-refractivity contribution is -0.118. The van der Waals surface area contributed by atoms with Crippen LogP contribution < -0.4 is 11.1 Å². The highest BCUT2D eigenvalue weighted by Crippen LogP contribution is 2.31. The van der Waals surface area contributed by atoms with Gasteiger partial charge in [-0.25, -0.2) is 0 Å². The summed E-state index contributed by atoms with van der Waals surface area (Å²) in [7, 11) is 1.60. The topological polar surface area (TPSA) is 103 Å². The number of hydrogen-bond acceptors (Lipinski definition) is 7. The molecule has 3 aromatic rings. The molecule has 1 amide bonds. The van der Waals surface area contributed by atoms with Gasteiger partial charge in [-0.15, -0.1) is 11.8 Å². The van der Waals surface area contributed by atoms with E-state index in [0.29, 0.717) is 37.2 Å². The van der Waals surface area contributed by atoms with Crippen molar-refractivity contribution >= 4 is 17.7 Å². The first kappa shape index (κ1) is 20.1. The molecular weight excluding hydrogens is 376 g/mol. The van der Waals surface area contributed by atoms with Crippen molar-refractivity contribution in [3.05, 3.63) is 54.1 Å². The van der Waals surface area contributed by atoms with Crippen LogP contribution in [0, 0.1) is 0 Å².